The van der Waals surface area contributed by atoms with Crippen molar-refractivity contribution in [1.29, 1.82) is 0 Å². The molecule has 184 valence electrons. The maximum Gasteiger partial charge on any atom is 0.192 e. The summed E-state index contributed by atoms with van der Waals surface area (Å²) < 4.78 is 16.7. The molecule has 1 atom stereocenters. The summed E-state index contributed by atoms with van der Waals surface area (Å²) >= 11 is 0. The van der Waals surface area contributed by atoms with Crippen LogP contribution in [0.15, 0.2) is 47.5 Å². The molecule has 33 heavy (non-hydrogen) atoms. The summed E-state index contributed by atoms with van der Waals surface area (Å²) in [6, 6.07) is 13.9. The summed E-state index contributed by atoms with van der Waals surface area (Å²) in [7, 11) is 1.60. The third-order valence-corrected chi connectivity index (χ3v) is 4.66. The Bertz CT molecular complexity index is 844. The third-order valence-electron chi connectivity index (χ3n) is 4.66. The SMILES string of the molecule is CCNC(=NCc1ccc(OCCO)c(OC)c1)NC(C)c1ccc(OCC(C)C)cc1.I. The summed E-state index contributed by atoms with van der Waals surface area (Å²) in [5.41, 5.74) is 2.15. The Morgan fingerprint density at radius 2 is 1.76 bits per heavy atom. The first-order valence-electron chi connectivity index (χ1n) is 11.1. The average molecular weight is 572 g/mol. The van der Waals surface area contributed by atoms with Gasteiger partial charge in [0.2, 0.25) is 0 Å². The molecule has 0 saturated carbocycles. The van der Waals surface area contributed by atoms with E-state index in [0.717, 1.165) is 29.4 Å². The van der Waals surface area contributed by atoms with E-state index in [-0.39, 0.29) is 43.2 Å². The van der Waals surface area contributed by atoms with Gasteiger partial charge in [-0.15, -0.1) is 24.0 Å². The van der Waals surface area contributed by atoms with Gasteiger partial charge in [-0.05, 0) is 55.2 Å². The van der Waals surface area contributed by atoms with Gasteiger partial charge in [0.1, 0.15) is 12.4 Å². The number of nitrogens with zero attached hydrogens (tertiary/aromatic N) is 1. The van der Waals surface area contributed by atoms with Crippen LogP contribution in [0.1, 0.15) is 44.9 Å². The molecule has 2 aromatic rings. The van der Waals surface area contributed by atoms with E-state index in [2.05, 4.69) is 43.5 Å². The largest absolute Gasteiger partial charge is 0.493 e. The second-order valence-corrected chi connectivity index (χ2v) is 7.89. The van der Waals surface area contributed by atoms with Gasteiger partial charge in [0, 0.05) is 6.54 Å². The molecule has 8 heteroatoms. The van der Waals surface area contributed by atoms with E-state index in [4.69, 9.17) is 24.3 Å². The van der Waals surface area contributed by atoms with Crippen LogP contribution in [0.3, 0.4) is 0 Å². The number of methoxy groups -OCH3 is 1. The number of benzene rings is 2. The Hall–Kier alpha value is -2.20. The van der Waals surface area contributed by atoms with Gasteiger partial charge in [0.05, 0.1) is 32.9 Å². The highest BCUT2D eigenvalue weighted by Crippen LogP contribution is 2.28. The Balaban J connectivity index is 0.00000544. The van der Waals surface area contributed by atoms with Gasteiger partial charge < -0.3 is 30.0 Å². The summed E-state index contributed by atoms with van der Waals surface area (Å²) in [4.78, 5) is 4.72. The quantitative estimate of drug-likeness (QED) is 0.197. The molecule has 0 aliphatic carbocycles. The van der Waals surface area contributed by atoms with E-state index < -0.39 is 0 Å². The summed E-state index contributed by atoms with van der Waals surface area (Å²) in [6.07, 6.45) is 0. The van der Waals surface area contributed by atoms with Gasteiger partial charge in [-0.1, -0.05) is 32.0 Å². The minimum atomic E-state index is -0.0429. The molecular weight excluding hydrogens is 533 g/mol. The molecule has 0 spiro atoms. The standard InChI is InChI=1S/C25H37N3O4.HI/c1-6-26-25(27-16-20-7-12-23(31-14-13-29)24(15-20)30-5)28-19(4)21-8-10-22(11-9-21)32-17-18(2)3;/h7-12,15,18-19,29H,6,13-14,16-17H2,1-5H3,(H2,26,27,28);1H. The van der Waals surface area contributed by atoms with Crippen LogP contribution in [0.2, 0.25) is 0 Å². The Morgan fingerprint density at radius 3 is 2.36 bits per heavy atom. The number of ether oxygens (including phenoxy) is 3. The van der Waals surface area contributed by atoms with Crippen LogP contribution >= 0.6 is 24.0 Å². The van der Waals surface area contributed by atoms with Gasteiger partial charge in [-0.3, -0.25) is 0 Å². The Morgan fingerprint density at radius 1 is 1.03 bits per heavy atom. The second-order valence-electron chi connectivity index (χ2n) is 7.89. The zero-order valence-electron chi connectivity index (χ0n) is 20.3. The molecule has 0 aliphatic heterocycles. The molecule has 2 rings (SSSR count). The lowest BCUT2D eigenvalue weighted by atomic mass is 10.1. The first-order valence-corrected chi connectivity index (χ1v) is 11.1. The zero-order valence-corrected chi connectivity index (χ0v) is 22.6. The minimum absolute atomic E-state index is 0. The number of halogens is 1. The van der Waals surface area contributed by atoms with E-state index >= 15 is 0 Å². The molecule has 0 aliphatic rings. The molecule has 0 fully saturated rings. The van der Waals surface area contributed by atoms with Crippen molar-refractivity contribution in [1.82, 2.24) is 10.6 Å². The molecular formula is C25H38IN3O4. The van der Waals surface area contributed by atoms with Gasteiger partial charge in [0.15, 0.2) is 17.5 Å². The first kappa shape index (κ1) is 28.8. The topological polar surface area (TPSA) is 84.3 Å². The molecule has 0 bridgehead atoms. The maximum absolute atomic E-state index is 8.95. The number of nitrogens with one attached hydrogen (secondary N) is 2. The monoisotopic (exact) mass is 571 g/mol. The molecule has 7 nitrogen and oxygen atoms in total. The molecule has 0 heterocycles. The zero-order chi connectivity index (χ0) is 23.3. The van der Waals surface area contributed by atoms with Crippen molar-refractivity contribution in [2.45, 2.75) is 40.3 Å². The predicted octanol–water partition coefficient (Wildman–Crippen LogP) is 4.54. The van der Waals surface area contributed by atoms with Gasteiger partial charge in [-0.2, -0.15) is 0 Å². The van der Waals surface area contributed by atoms with Crippen molar-refractivity contribution >= 4 is 29.9 Å². The minimum Gasteiger partial charge on any atom is -0.493 e. The Kier molecular flexibility index (Phi) is 13.6. The first-order chi connectivity index (χ1) is 15.5. The highest BCUT2D eigenvalue weighted by molar-refractivity contribution is 14.0. The lowest BCUT2D eigenvalue weighted by Crippen LogP contribution is -2.38. The molecule has 2 aromatic carbocycles. The van der Waals surface area contributed by atoms with Crippen molar-refractivity contribution in [3.8, 4) is 17.2 Å². The van der Waals surface area contributed by atoms with Crippen molar-refractivity contribution in [2.24, 2.45) is 10.9 Å². The van der Waals surface area contributed by atoms with Crippen LogP contribution in [0.4, 0.5) is 0 Å². The van der Waals surface area contributed by atoms with Gasteiger partial charge in [0.25, 0.3) is 0 Å². The van der Waals surface area contributed by atoms with E-state index in [1.807, 2.05) is 37.3 Å². The van der Waals surface area contributed by atoms with Gasteiger partial charge >= 0.3 is 0 Å². The molecule has 0 amide bonds. The fraction of sp³-hybridized carbons (Fsp3) is 0.480. The van der Waals surface area contributed by atoms with Crippen LogP contribution < -0.4 is 24.8 Å². The van der Waals surface area contributed by atoms with Crippen LogP contribution in [0, 0.1) is 5.92 Å². The average Bonchev–Trinajstić information content (AvgIpc) is 2.80. The number of rotatable bonds is 12. The lowest BCUT2D eigenvalue weighted by Gasteiger charge is -2.19. The number of aliphatic hydroxyl groups excluding tert-OH is 1. The predicted molar refractivity (Wildman–Crippen MR) is 144 cm³/mol. The Labute approximate surface area is 215 Å². The van der Waals surface area contributed by atoms with Crippen molar-refractivity contribution in [3.63, 3.8) is 0 Å². The summed E-state index contributed by atoms with van der Waals surface area (Å²) in [5, 5.41) is 15.7. The van der Waals surface area contributed by atoms with Crippen LogP contribution in [-0.4, -0.2) is 44.5 Å². The fourth-order valence-electron chi connectivity index (χ4n) is 2.98. The highest BCUT2D eigenvalue weighted by Gasteiger charge is 2.10. The third kappa shape index (κ3) is 10.1. The van der Waals surface area contributed by atoms with Crippen molar-refractivity contribution in [3.05, 3.63) is 53.6 Å². The van der Waals surface area contributed by atoms with E-state index in [1.165, 1.54) is 0 Å². The van der Waals surface area contributed by atoms with Crippen molar-refractivity contribution < 1.29 is 19.3 Å². The van der Waals surface area contributed by atoms with E-state index in [9.17, 15) is 0 Å². The molecule has 0 aromatic heterocycles. The van der Waals surface area contributed by atoms with E-state index in [0.29, 0.717) is 30.6 Å². The lowest BCUT2D eigenvalue weighted by molar-refractivity contribution is 0.196. The number of hydrogen-bond donors (Lipinski definition) is 3. The molecule has 0 saturated heterocycles. The normalized spacial score (nSPS) is 12.0. The molecule has 0 radical (unpaired) electrons. The smallest absolute Gasteiger partial charge is 0.192 e. The maximum atomic E-state index is 8.95. The molecule has 3 N–H and O–H groups in total. The summed E-state index contributed by atoms with van der Waals surface area (Å²) in [5.74, 6) is 3.35. The number of hydrogen-bond acceptors (Lipinski definition) is 5. The second kappa shape index (κ2) is 15.6. The number of aliphatic imine (C=N–C) groups is 1. The highest BCUT2D eigenvalue weighted by atomic mass is 127. The number of aliphatic hydroxyl groups is 1. The van der Waals surface area contributed by atoms with Crippen LogP contribution in [0.25, 0.3) is 0 Å². The molecule has 1 unspecified atom stereocenters. The van der Waals surface area contributed by atoms with Crippen molar-refractivity contribution in [2.75, 3.05) is 33.5 Å². The van der Waals surface area contributed by atoms with Crippen LogP contribution in [-0.2, 0) is 6.54 Å². The number of guanidine groups is 1. The summed E-state index contributed by atoms with van der Waals surface area (Å²) in [6.45, 7) is 10.6. The van der Waals surface area contributed by atoms with Crippen LogP contribution in [0.5, 0.6) is 17.2 Å². The van der Waals surface area contributed by atoms with Gasteiger partial charge in [-0.25, -0.2) is 4.99 Å². The van der Waals surface area contributed by atoms with E-state index in [1.54, 1.807) is 7.11 Å². The fourth-order valence-corrected chi connectivity index (χ4v) is 2.98.